The first-order valence-electron chi connectivity index (χ1n) is 10.1. The van der Waals surface area contributed by atoms with Gasteiger partial charge in [-0.25, -0.2) is 0 Å². The highest BCUT2D eigenvalue weighted by Crippen LogP contribution is 2.17. The van der Waals surface area contributed by atoms with E-state index in [1.807, 2.05) is 47.6 Å². The largest absolute Gasteiger partial charge is 0.336 e. The van der Waals surface area contributed by atoms with Crippen LogP contribution in [0.1, 0.15) is 15.9 Å². The lowest BCUT2D eigenvalue weighted by Crippen LogP contribution is -2.49. The fourth-order valence-corrected chi connectivity index (χ4v) is 4.05. The van der Waals surface area contributed by atoms with Gasteiger partial charge in [0, 0.05) is 56.0 Å². The quantitative estimate of drug-likeness (QED) is 0.652. The number of thioether (sulfide) groups is 1. The molecule has 1 saturated heterocycles. The lowest BCUT2D eigenvalue weighted by molar-refractivity contribution is -0.115. The van der Waals surface area contributed by atoms with E-state index in [1.165, 1.54) is 17.3 Å². The van der Waals surface area contributed by atoms with Crippen LogP contribution in [0.5, 0.6) is 0 Å². The fraction of sp³-hybridized carbons (Fsp3) is 0.391. The topological polar surface area (TPSA) is 43.9 Å². The predicted molar refractivity (Wildman–Crippen MR) is 126 cm³/mol. The summed E-state index contributed by atoms with van der Waals surface area (Å²) in [6.07, 6.45) is 2.89. The first-order chi connectivity index (χ1) is 14.5. The molecule has 0 aliphatic carbocycles. The first-order valence-corrected chi connectivity index (χ1v) is 11.9. The van der Waals surface area contributed by atoms with Crippen LogP contribution < -0.4 is 4.90 Å². The Kier molecular flexibility index (Phi) is 8.19. The van der Waals surface area contributed by atoms with E-state index >= 15 is 0 Å². The molecular formula is C23H28ClN3O2S. The van der Waals surface area contributed by atoms with Gasteiger partial charge in [0.1, 0.15) is 0 Å². The highest BCUT2D eigenvalue weighted by atomic mass is 35.5. The van der Waals surface area contributed by atoms with E-state index < -0.39 is 0 Å². The summed E-state index contributed by atoms with van der Waals surface area (Å²) in [6.45, 7) is 4.20. The van der Waals surface area contributed by atoms with E-state index in [1.54, 1.807) is 11.9 Å². The maximum absolute atomic E-state index is 12.8. The molecular weight excluding hydrogens is 418 g/mol. The SMILES string of the molecule is CSCC(=O)N(C)c1ccc(C(=O)N2CCN(CCc3ccc(Cl)cc3)CC2)cc1. The van der Waals surface area contributed by atoms with Gasteiger partial charge in [-0.3, -0.25) is 14.5 Å². The molecule has 0 N–H and O–H groups in total. The van der Waals surface area contributed by atoms with Gasteiger partial charge in [-0.15, -0.1) is 0 Å². The monoisotopic (exact) mass is 445 g/mol. The third-order valence-electron chi connectivity index (χ3n) is 5.43. The van der Waals surface area contributed by atoms with Crippen LogP contribution in [0.15, 0.2) is 48.5 Å². The Morgan fingerprint density at radius 2 is 1.63 bits per heavy atom. The van der Waals surface area contributed by atoms with E-state index in [0.29, 0.717) is 11.3 Å². The van der Waals surface area contributed by atoms with Crippen molar-refractivity contribution in [3.05, 3.63) is 64.7 Å². The normalized spacial score (nSPS) is 14.6. The van der Waals surface area contributed by atoms with Crippen LogP contribution in [0.25, 0.3) is 0 Å². The minimum atomic E-state index is 0.0521. The molecule has 0 saturated carbocycles. The highest BCUT2D eigenvalue weighted by Gasteiger charge is 2.22. The maximum Gasteiger partial charge on any atom is 0.253 e. The van der Waals surface area contributed by atoms with Crippen LogP contribution in [0.4, 0.5) is 5.69 Å². The number of benzene rings is 2. The van der Waals surface area contributed by atoms with Crippen molar-refractivity contribution in [2.24, 2.45) is 0 Å². The summed E-state index contributed by atoms with van der Waals surface area (Å²) in [5.41, 5.74) is 2.75. The van der Waals surface area contributed by atoms with Crippen LogP contribution in [0.2, 0.25) is 5.02 Å². The number of carbonyl (C=O) groups is 2. The molecule has 5 nitrogen and oxygen atoms in total. The van der Waals surface area contributed by atoms with Gasteiger partial charge in [-0.1, -0.05) is 23.7 Å². The summed E-state index contributed by atoms with van der Waals surface area (Å²) in [5.74, 6) is 0.549. The molecule has 0 aromatic heterocycles. The van der Waals surface area contributed by atoms with Crippen LogP contribution in [-0.2, 0) is 11.2 Å². The third kappa shape index (κ3) is 6.00. The van der Waals surface area contributed by atoms with Crippen molar-refractivity contribution in [3.63, 3.8) is 0 Å². The minimum Gasteiger partial charge on any atom is -0.336 e. The Balaban J connectivity index is 1.48. The molecule has 1 aliphatic rings. The predicted octanol–water partition coefficient (Wildman–Crippen LogP) is 3.67. The van der Waals surface area contributed by atoms with Gasteiger partial charge < -0.3 is 9.80 Å². The first kappa shape index (κ1) is 22.7. The molecule has 2 aromatic carbocycles. The molecule has 7 heteroatoms. The Morgan fingerprint density at radius 1 is 1.00 bits per heavy atom. The van der Waals surface area contributed by atoms with Gasteiger partial charge in [-0.2, -0.15) is 11.8 Å². The molecule has 0 atom stereocenters. The van der Waals surface area contributed by atoms with E-state index in [0.717, 1.165) is 49.9 Å². The maximum atomic E-state index is 12.8. The molecule has 0 unspecified atom stereocenters. The number of halogens is 1. The molecule has 160 valence electrons. The fourth-order valence-electron chi connectivity index (χ4n) is 3.49. The van der Waals surface area contributed by atoms with Crippen molar-refractivity contribution >= 4 is 40.9 Å². The van der Waals surface area contributed by atoms with Gasteiger partial charge in [0.25, 0.3) is 5.91 Å². The van der Waals surface area contributed by atoms with E-state index in [-0.39, 0.29) is 11.8 Å². The number of amides is 2. The number of anilines is 1. The van der Waals surface area contributed by atoms with Crippen molar-refractivity contribution in [2.45, 2.75) is 6.42 Å². The van der Waals surface area contributed by atoms with Crippen molar-refractivity contribution in [2.75, 3.05) is 56.7 Å². The van der Waals surface area contributed by atoms with Crippen LogP contribution >= 0.6 is 23.4 Å². The van der Waals surface area contributed by atoms with Crippen molar-refractivity contribution in [1.82, 2.24) is 9.80 Å². The van der Waals surface area contributed by atoms with E-state index in [4.69, 9.17) is 11.6 Å². The number of piperazine rings is 1. The molecule has 2 amide bonds. The Labute approximate surface area is 188 Å². The lowest BCUT2D eigenvalue weighted by Gasteiger charge is -2.34. The number of nitrogens with zero attached hydrogens (tertiary/aromatic N) is 3. The third-order valence-corrected chi connectivity index (χ3v) is 6.22. The van der Waals surface area contributed by atoms with Gasteiger partial charge in [0.05, 0.1) is 5.75 Å². The van der Waals surface area contributed by atoms with Crippen molar-refractivity contribution in [1.29, 1.82) is 0 Å². The van der Waals surface area contributed by atoms with E-state index in [2.05, 4.69) is 17.0 Å². The van der Waals surface area contributed by atoms with Crippen LogP contribution in [0, 0.1) is 0 Å². The number of hydrogen-bond donors (Lipinski definition) is 0. The smallest absolute Gasteiger partial charge is 0.253 e. The Morgan fingerprint density at radius 3 is 2.23 bits per heavy atom. The van der Waals surface area contributed by atoms with Crippen molar-refractivity contribution in [3.8, 4) is 0 Å². The van der Waals surface area contributed by atoms with Gasteiger partial charge in [-0.05, 0) is 54.6 Å². The summed E-state index contributed by atoms with van der Waals surface area (Å²) >= 11 is 7.44. The Hall–Kier alpha value is -2.02. The average Bonchev–Trinajstić information content (AvgIpc) is 2.78. The standard InChI is InChI=1S/C23H28ClN3O2S/c1-25(22(28)17-30-2)21-9-5-19(6-10-21)23(29)27-15-13-26(14-16-27)12-11-18-3-7-20(24)8-4-18/h3-10H,11-17H2,1-2H3. The summed E-state index contributed by atoms with van der Waals surface area (Å²) in [7, 11) is 1.76. The zero-order valence-electron chi connectivity index (χ0n) is 17.5. The van der Waals surface area contributed by atoms with Crippen molar-refractivity contribution < 1.29 is 9.59 Å². The lowest BCUT2D eigenvalue weighted by atomic mass is 10.1. The average molecular weight is 446 g/mol. The van der Waals surface area contributed by atoms with E-state index in [9.17, 15) is 9.59 Å². The molecule has 0 radical (unpaired) electrons. The highest BCUT2D eigenvalue weighted by molar-refractivity contribution is 7.99. The molecule has 0 spiro atoms. The van der Waals surface area contributed by atoms with Crippen LogP contribution in [-0.4, -0.2) is 73.4 Å². The molecule has 1 fully saturated rings. The Bertz CT molecular complexity index is 850. The molecule has 3 rings (SSSR count). The minimum absolute atomic E-state index is 0.0521. The van der Waals surface area contributed by atoms with Crippen LogP contribution in [0.3, 0.4) is 0 Å². The second kappa shape index (κ2) is 10.8. The summed E-state index contributed by atoms with van der Waals surface area (Å²) in [5, 5.41) is 0.761. The summed E-state index contributed by atoms with van der Waals surface area (Å²) in [6, 6.07) is 15.3. The van der Waals surface area contributed by atoms with Gasteiger partial charge in [0.15, 0.2) is 0 Å². The molecule has 2 aromatic rings. The summed E-state index contributed by atoms with van der Waals surface area (Å²) in [4.78, 5) is 30.8. The zero-order valence-corrected chi connectivity index (χ0v) is 19.1. The summed E-state index contributed by atoms with van der Waals surface area (Å²) < 4.78 is 0. The molecule has 0 bridgehead atoms. The number of hydrogen-bond acceptors (Lipinski definition) is 4. The molecule has 30 heavy (non-hydrogen) atoms. The van der Waals surface area contributed by atoms with Gasteiger partial charge in [0.2, 0.25) is 5.91 Å². The zero-order chi connectivity index (χ0) is 21.5. The van der Waals surface area contributed by atoms with Gasteiger partial charge >= 0.3 is 0 Å². The second-order valence-electron chi connectivity index (χ2n) is 7.44. The second-order valence-corrected chi connectivity index (χ2v) is 8.75. The number of carbonyl (C=O) groups excluding carboxylic acids is 2. The number of rotatable bonds is 7. The molecule has 1 aliphatic heterocycles. The molecule has 1 heterocycles.